The molecule has 2 rings (SSSR count). The quantitative estimate of drug-likeness (QED) is 0.880. The minimum Gasteiger partial charge on any atom is -0.494 e. The fraction of sp³-hybridized carbons (Fsp3) is 0.235. The van der Waals surface area contributed by atoms with Crippen molar-refractivity contribution >= 4 is 5.97 Å². The van der Waals surface area contributed by atoms with Crippen LogP contribution in [0.25, 0.3) is 0 Å². The van der Waals surface area contributed by atoms with Crippen molar-refractivity contribution < 1.29 is 19.0 Å². The average molecular weight is 288 g/mol. The van der Waals surface area contributed by atoms with Crippen LogP contribution in [0.1, 0.15) is 23.5 Å². The fourth-order valence-corrected chi connectivity index (χ4v) is 2.16. The Labute approximate surface area is 123 Å². The Balaban J connectivity index is 1.99. The van der Waals surface area contributed by atoms with Crippen molar-refractivity contribution in [3.05, 3.63) is 65.5 Å². The second-order valence-electron chi connectivity index (χ2n) is 4.90. The molecule has 0 radical (unpaired) electrons. The zero-order chi connectivity index (χ0) is 15.2. The van der Waals surface area contributed by atoms with E-state index in [-0.39, 0.29) is 13.0 Å². The molecule has 110 valence electrons. The first kappa shape index (κ1) is 15.0. The third kappa shape index (κ3) is 4.31. The average Bonchev–Trinajstić information content (AvgIpc) is 2.43. The van der Waals surface area contributed by atoms with E-state index in [0.717, 1.165) is 5.56 Å². The topological polar surface area (TPSA) is 46.5 Å². The third-order valence-corrected chi connectivity index (χ3v) is 3.21. The standard InChI is InChI=1S/C17H17FO3/c1-12-4-2-7-15(10-12)21-9-8-16(17(19)20)13-5-3-6-14(18)11-13/h2-7,10-11,16H,8-9H2,1H3,(H,19,20). The Bertz CT molecular complexity index is 625. The lowest BCUT2D eigenvalue weighted by molar-refractivity contribution is -0.139. The smallest absolute Gasteiger partial charge is 0.311 e. The van der Waals surface area contributed by atoms with Gasteiger partial charge in [0.1, 0.15) is 11.6 Å². The van der Waals surface area contributed by atoms with Crippen LogP contribution in [0.3, 0.4) is 0 Å². The molecule has 0 aliphatic rings. The Kier molecular flexibility index (Phi) is 4.93. The first-order valence-corrected chi connectivity index (χ1v) is 6.74. The molecule has 4 heteroatoms. The lowest BCUT2D eigenvalue weighted by Crippen LogP contribution is -2.15. The summed E-state index contributed by atoms with van der Waals surface area (Å²) < 4.78 is 18.8. The molecular weight excluding hydrogens is 271 g/mol. The molecule has 0 amide bonds. The first-order valence-electron chi connectivity index (χ1n) is 6.74. The lowest BCUT2D eigenvalue weighted by atomic mass is 9.96. The highest BCUT2D eigenvalue weighted by molar-refractivity contribution is 5.76. The predicted octanol–water partition coefficient (Wildman–Crippen LogP) is 3.77. The molecule has 2 aromatic rings. The van der Waals surface area contributed by atoms with Gasteiger partial charge in [0, 0.05) is 0 Å². The van der Waals surface area contributed by atoms with Gasteiger partial charge in [-0.05, 0) is 48.7 Å². The SMILES string of the molecule is Cc1cccc(OCCC(C(=O)O)c2cccc(F)c2)c1. The lowest BCUT2D eigenvalue weighted by Gasteiger charge is -2.14. The number of hydrogen-bond acceptors (Lipinski definition) is 2. The highest BCUT2D eigenvalue weighted by Crippen LogP contribution is 2.22. The fourth-order valence-electron chi connectivity index (χ4n) is 2.16. The van der Waals surface area contributed by atoms with Crippen molar-refractivity contribution in [1.29, 1.82) is 0 Å². The van der Waals surface area contributed by atoms with Crippen LogP contribution in [-0.4, -0.2) is 17.7 Å². The zero-order valence-electron chi connectivity index (χ0n) is 11.8. The minimum absolute atomic E-state index is 0.261. The Morgan fingerprint density at radius 3 is 2.67 bits per heavy atom. The van der Waals surface area contributed by atoms with Crippen LogP contribution in [0.2, 0.25) is 0 Å². The van der Waals surface area contributed by atoms with E-state index in [9.17, 15) is 14.3 Å². The van der Waals surface area contributed by atoms with E-state index < -0.39 is 17.7 Å². The van der Waals surface area contributed by atoms with E-state index in [1.807, 2.05) is 31.2 Å². The van der Waals surface area contributed by atoms with Crippen molar-refractivity contribution in [2.45, 2.75) is 19.3 Å². The molecule has 21 heavy (non-hydrogen) atoms. The summed E-state index contributed by atoms with van der Waals surface area (Å²) in [5, 5.41) is 9.28. The Morgan fingerprint density at radius 2 is 2.00 bits per heavy atom. The summed E-state index contributed by atoms with van der Waals surface area (Å²) in [7, 11) is 0. The molecule has 0 bridgehead atoms. The molecular formula is C17H17FO3. The molecule has 0 aromatic heterocycles. The second kappa shape index (κ2) is 6.88. The molecule has 1 unspecified atom stereocenters. The molecule has 0 aliphatic carbocycles. The van der Waals surface area contributed by atoms with E-state index in [0.29, 0.717) is 11.3 Å². The van der Waals surface area contributed by atoms with E-state index in [2.05, 4.69) is 0 Å². The molecule has 1 atom stereocenters. The van der Waals surface area contributed by atoms with Gasteiger partial charge < -0.3 is 9.84 Å². The molecule has 1 N–H and O–H groups in total. The summed E-state index contributed by atoms with van der Waals surface area (Å²) in [5.41, 5.74) is 1.53. The van der Waals surface area contributed by atoms with Crippen molar-refractivity contribution in [3.63, 3.8) is 0 Å². The van der Waals surface area contributed by atoms with Crippen LogP contribution in [0.4, 0.5) is 4.39 Å². The number of benzene rings is 2. The number of halogens is 1. The van der Waals surface area contributed by atoms with Gasteiger partial charge in [-0.1, -0.05) is 24.3 Å². The van der Waals surface area contributed by atoms with Crippen LogP contribution < -0.4 is 4.74 Å². The molecule has 0 saturated carbocycles. The number of carboxylic acids is 1. The maximum atomic E-state index is 13.2. The van der Waals surface area contributed by atoms with Gasteiger partial charge in [-0.2, -0.15) is 0 Å². The minimum atomic E-state index is -0.978. The number of ether oxygens (including phenoxy) is 1. The highest BCUT2D eigenvalue weighted by atomic mass is 19.1. The monoisotopic (exact) mass is 288 g/mol. The summed E-state index contributed by atoms with van der Waals surface area (Å²) in [6, 6.07) is 13.2. The Hall–Kier alpha value is -2.36. The van der Waals surface area contributed by atoms with Crippen LogP contribution in [-0.2, 0) is 4.79 Å². The van der Waals surface area contributed by atoms with Crippen molar-refractivity contribution in [2.75, 3.05) is 6.61 Å². The third-order valence-electron chi connectivity index (χ3n) is 3.21. The molecule has 0 heterocycles. The van der Waals surface area contributed by atoms with Crippen LogP contribution in [0.15, 0.2) is 48.5 Å². The zero-order valence-corrected chi connectivity index (χ0v) is 11.8. The number of hydrogen-bond donors (Lipinski definition) is 1. The summed E-state index contributed by atoms with van der Waals surface area (Å²) >= 11 is 0. The van der Waals surface area contributed by atoms with Gasteiger partial charge in [0.15, 0.2) is 0 Å². The number of aryl methyl sites for hydroxylation is 1. The predicted molar refractivity (Wildman–Crippen MR) is 78.1 cm³/mol. The van der Waals surface area contributed by atoms with E-state index in [1.54, 1.807) is 6.07 Å². The summed E-state index contributed by atoms with van der Waals surface area (Å²) in [5.74, 6) is -1.48. The number of carbonyl (C=O) groups is 1. The summed E-state index contributed by atoms with van der Waals surface area (Å²) in [6.45, 7) is 2.22. The largest absolute Gasteiger partial charge is 0.494 e. The number of carboxylic acid groups (broad SMARTS) is 1. The van der Waals surface area contributed by atoms with E-state index in [4.69, 9.17) is 4.74 Å². The van der Waals surface area contributed by atoms with Crippen LogP contribution in [0, 0.1) is 12.7 Å². The Morgan fingerprint density at radius 1 is 1.24 bits per heavy atom. The van der Waals surface area contributed by atoms with Crippen molar-refractivity contribution in [3.8, 4) is 5.75 Å². The van der Waals surface area contributed by atoms with E-state index in [1.165, 1.54) is 18.2 Å². The van der Waals surface area contributed by atoms with Gasteiger partial charge in [-0.3, -0.25) is 4.79 Å². The van der Waals surface area contributed by atoms with Gasteiger partial charge >= 0.3 is 5.97 Å². The molecule has 0 aliphatic heterocycles. The van der Waals surface area contributed by atoms with Gasteiger partial charge in [0.05, 0.1) is 12.5 Å². The molecule has 0 spiro atoms. The van der Waals surface area contributed by atoms with E-state index >= 15 is 0 Å². The van der Waals surface area contributed by atoms with Crippen LogP contribution in [0.5, 0.6) is 5.75 Å². The van der Waals surface area contributed by atoms with Gasteiger partial charge in [0.2, 0.25) is 0 Å². The van der Waals surface area contributed by atoms with Gasteiger partial charge in [-0.25, -0.2) is 4.39 Å². The van der Waals surface area contributed by atoms with Crippen LogP contribution >= 0.6 is 0 Å². The maximum Gasteiger partial charge on any atom is 0.311 e. The number of aliphatic carboxylic acids is 1. The van der Waals surface area contributed by atoms with Crippen molar-refractivity contribution in [2.24, 2.45) is 0 Å². The van der Waals surface area contributed by atoms with Gasteiger partial charge in [-0.15, -0.1) is 0 Å². The highest BCUT2D eigenvalue weighted by Gasteiger charge is 2.20. The first-order chi connectivity index (χ1) is 10.1. The maximum absolute atomic E-state index is 13.2. The van der Waals surface area contributed by atoms with Crippen molar-refractivity contribution in [1.82, 2.24) is 0 Å². The summed E-state index contributed by atoms with van der Waals surface area (Å²) in [6.07, 6.45) is 0.284. The molecule has 2 aromatic carbocycles. The number of rotatable bonds is 6. The van der Waals surface area contributed by atoms with Gasteiger partial charge in [0.25, 0.3) is 0 Å². The molecule has 0 fully saturated rings. The molecule has 0 saturated heterocycles. The second-order valence-corrected chi connectivity index (χ2v) is 4.90. The summed E-state index contributed by atoms with van der Waals surface area (Å²) in [4.78, 5) is 11.3. The normalized spacial score (nSPS) is 11.9. The molecule has 3 nitrogen and oxygen atoms in total.